The highest BCUT2D eigenvalue weighted by atomic mass is 16.5. The summed E-state index contributed by atoms with van der Waals surface area (Å²) in [6, 6.07) is 0.438. The van der Waals surface area contributed by atoms with Gasteiger partial charge >= 0.3 is 0 Å². The number of amides is 1. The van der Waals surface area contributed by atoms with E-state index in [0.29, 0.717) is 6.04 Å². The lowest BCUT2D eigenvalue weighted by Crippen LogP contribution is -2.62. The van der Waals surface area contributed by atoms with Gasteiger partial charge in [0, 0.05) is 46.4 Å². The highest BCUT2D eigenvalue weighted by Gasteiger charge is 2.40. The number of nitrogens with one attached hydrogen (secondary N) is 1. The third-order valence-corrected chi connectivity index (χ3v) is 4.80. The predicted octanol–water partition coefficient (Wildman–Crippen LogP) is 0.696. The largest absolute Gasteiger partial charge is 0.375 e. The van der Waals surface area contributed by atoms with E-state index < -0.39 is 0 Å². The number of carbonyl (C=O) groups is 1. The highest BCUT2D eigenvalue weighted by Crippen LogP contribution is 2.31. The SMILES string of the molecule is CCC1(C)CC(N2CCNCC2C(=O)N(C)C)CCO1. The van der Waals surface area contributed by atoms with Crippen molar-refractivity contribution in [3.8, 4) is 0 Å². The second-order valence-corrected chi connectivity index (χ2v) is 6.49. The lowest BCUT2D eigenvalue weighted by Gasteiger charge is -2.47. The van der Waals surface area contributed by atoms with Gasteiger partial charge in [-0.2, -0.15) is 0 Å². The van der Waals surface area contributed by atoms with Gasteiger partial charge in [-0.15, -0.1) is 0 Å². The van der Waals surface area contributed by atoms with Gasteiger partial charge in [-0.05, 0) is 26.2 Å². The molecule has 3 atom stereocenters. The lowest BCUT2D eigenvalue weighted by molar-refractivity contribution is -0.141. The molecule has 0 bridgehead atoms. The first-order valence-corrected chi connectivity index (χ1v) is 7.78. The first-order valence-electron chi connectivity index (χ1n) is 7.78. The van der Waals surface area contributed by atoms with Gasteiger partial charge in [0.1, 0.15) is 6.04 Å². The Bertz CT molecular complexity index is 348. The Balaban J connectivity index is 2.09. The van der Waals surface area contributed by atoms with Crippen LogP contribution in [0.25, 0.3) is 0 Å². The van der Waals surface area contributed by atoms with Crippen LogP contribution >= 0.6 is 0 Å². The van der Waals surface area contributed by atoms with Crippen molar-refractivity contribution in [2.75, 3.05) is 40.3 Å². The molecule has 5 nitrogen and oxygen atoms in total. The van der Waals surface area contributed by atoms with Crippen molar-refractivity contribution in [2.45, 2.75) is 50.8 Å². The summed E-state index contributed by atoms with van der Waals surface area (Å²) < 4.78 is 5.94. The number of likely N-dealkylation sites (N-methyl/N-ethyl adjacent to an activating group) is 1. The minimum atomic E-state index is -0.0283. The predicted molar refractivity (Wildman–Crippen MR) is 79.7 cm³/mol. The van der Waals surface area contributed by atoms with Crippen LogP contribution in [0.5, 0.6) is 0 Å². The smallest absolute Gasteiger partial charge is 0.240 e. The average molecular weight is 283 g/mol. The maximum Gasteiger partial charge on any atom is 0.240 e. The lowest BCUT2D eigenvalue weighted by atomic mass is 9.88. The van der Waals surface area contributed by atoms with Gasteiger partial charge in [0.2, 0.25) is 5.91 Å². The Kier molecular flexibility index (Phi) is 5.04. The molecule has 0 saturated carbocycles. The summed E-state index contributed by atoms with van der Waals surface area (Å²) in [7, 11) is 3.69. The molecule has 3 unspecified atom stereocenters. The van der Waals surface area contributed by atoms with Crippen LogP contribution < -0.4 is 5.32 Å². The fourth-order valence-electron chi connectivity index (χ4n) is 3.31. The second-order valence-electron chi connectivity index (χ2n) is 6.49. The van der Waals surface area contributed by atoms with Crippen LogP contribution in [0.15, 0.2) is 0 Å². The van der Waals surface area contributed by atoms with Gasteiger partial charge in [0.05, 0.1) is 5.60 Å². The molecule has 0 aromatic carbocycles. The second kappa shape index (κ2) is 6.41. The number of nitrogens with zero attached hydrogens (tertiary/aromatic N) is 2. The summed E-state index contributed by atoms with van der Waals surface area (Å²) in [5.74, 6) is 0.210. The van der Waals surface area contributed by atoms with E-state index >= 15 is 0 Å². The van der Waals surface area contributed by atoms with Crippen molar-refractivity contribution < 1.29 is 9.53 Å². The highest BCUT2D eigenvalue weighted by molar-refractivity contribution is 5.81. The van der Waals surface area contributed by atoms with E-state index in [1.807, 2.05) is 14.1 Å². The van der Waals surface area contributed by atoms with Crippen molar-refractivity contribution in [1.82, 2.24) is 15.1 Å². The summed E-state index contributed by atoms with van der Waals surface area (Å²) in [5, 5.41) is 3.35. The van der Waals surface area contributed by atoms with Crippen LogP contribution in [0.3, 0.4) is 0 Å². The van der Waals surface area contributed by atoms with Gasteiger partial charge in [0.15, 0.2) is 0 Å². The molecule has 2 heterocycles. The number of hydrogen-bond donors (Lipinski definition) is 1. The molecule has 0 spiro atoms. The van der Waals surface area contributed by atoms with Crippen molar-refractivity contribution in [3.05, 3.63) is 0 Å². The van der Waals surface area contributed by atoms with Gasteiger partial charge in [-0.3, -0.25) is 9.69 Å². The normalized spacial score (nSPS) is 35.8. The standard InChI is InChI=1S/C15H29N3O2/c1-5-15(2)10-12(6-9-20-15)18-8-7-16-11-13(18)14(19)17(3)4/h12-13,16H,5-11H2,1-4H3. The van der Waals surface area contributed by atoms with Crippen molar-refractivity contribution >= 4 is 5.91 Å². The molecular weight excluding hydrogens is 254 g/mol. The Morgan fingerprint density at radius 3 is 2.90 bits per heavy atom. The van der Waals surface area contributed by atoms with Crippen molar-refractivity contribution in [1.29, 1.82) is 0 Å². The molecular formula is C15H29N3O2. The minimum Gasteiger partial charge on any atom is -0.375 e. The molecule has 0 aromatic heterocycles. The molecule has 1 N–H and O–H groups in total. The number of rotatable bonds is 3. The van der Waals surface area contributed by atoms with Crippen LogP contribution in [0.1, 0.15) is 33.1 Å². The summed E-state index contributed by atoms with van der Waals surface area (Å²) in [5.41, 5.74) is -0.0283. The zero-order valence-corrected chi connectivity index (χ0v) is 13.3. The zero-order chi connectivity index (χ0) is 14.8. The first kappa shape index (κ1) is 15.7. The molecule has 1 amide bonds. The molecule has 2 aliphatic rings. The fraction of sp³-hybridized carbons (Fsp3) is 0.933. The Labute approximate surface area is 122 Å². The maximum absolute atomic E-state index is 12.4. The van der Waals surface area contributed by atoms with Gasteiger partial charge in [0.25, 0.3) is 0 Å². The maximum atomic E-state index is 12.4. The first-order chi connectivity index (χ1) is 9.47. The van der Waals surface area contributed by atoms with E-state index in [1.54, 1.807) is 4.90 Å². The number of carbonyl (C=O) groups excluding carboxylic acids is 1. The number of ether oxygens (including phenoxy) is 1. The third-order valence-electron chi connectivity index (χ3n) is 4.80. The quantitative estimate of drug-likeness (QED) is 0.828. The van der Waals surface area contributed by atoms with Gasteiger partial charge in [-0.1, -0.05) is 6.92 Å². The van der Waals surface area contributed by atoms with Crippen LogP contribution in [0, 0.1) is 0 Å². The Hall–Kier alpha value is -0.650. The zero-order valence-electron chi connectivity index (χ0n) is 13.3. The van der Waals surface area contributed by atoms with E-state index in [0.717, 1.165) is 45.5 Å². The van der Waals surface area contributed by atoms with Crippen molar-refractivity contribution in [2.24, 2.45) is 0 Å². The summed E-state index contributed by atoms with van der Waals surface area (Å²) >= 11 is 0. The fourth-order valence-corrected chi connectivity index (χ4v) is 3.31. The van der Waals surface area contributed by atoms with E-state index in [9.17, 15) is 4.79 Å². The van der Waals surface area contributed by atoms with E-state index in [1.165, 1.54) is 0 Å². The molecule has 2 rings (SSSR count). The Morgan fingerprint density at radius 2 is 2.25 bits per heavy atom. The van der Waals surface area contributed by atoms with Gasteiger partial charge in [-0.25, -0.2) is 0 Å². The van der Waals surface area contributed by atoms with Crippen LogP contribution in [0.2, 0.25) is 0 Å². The van der Waals surface area contributed by atoms with Crippen molar-refractivity contribution in [3.63, 3.8) is 0 Å². The molecule has 5 heteroatoms. The Morgan fingerprint density at radius 1 is 1.50 bits per heavy atom. The molecule has 0 aromatic rings. The van der Waals surface area contributed by atoms with Crippen LogP contribution in [0.4, 0.5) is 0 Å². The average Bonchev–Trinajstić information content (AvgIpc) is 2.46. The monoisotopic (exact) mass is 283 g/mol. The molecule has 2 fully saturated rings. The van der Waals surface area contributed by atoms with Crippen LogP contribution in [-0.2, 0) is 9.53 Å². The minimum absolute atomic E-state index is 0.0250. The molecule has 116 valence electrons. The summed E-state index contributed by atoms with van der Waals surface area (Å²) in [4.78, 5) is 16.5. The van der Waals surface area contributed by atoms with E-state index in [-0.39, 0.29) is 17.6 Å². The number of hydrogen-bond acceptors (Lipinski definition) is 4. The summed E-state index contributed by atoms with van der Waals surface area (Å²) in [6.07, 6.45) is 3.09. The molecule has 2 aliphatic heterocycles. The summed E-state index contributed by atoms with van der Waals surface area (Å²) in [6.45, 7) is 7.87. The van der Waals surface area contributed by atoms with E-state index in [4.69, 9.17) is 4.74 Å². The van der Waals surface area contributed by atoms with Crippen LogP contribution in [-0.4, -0.2) is 73.7 Å². The molecule has 2 saturated heterocycles. The molecule has 20 heavy (non-hydrogen) atoms. The van der Waals surface area contributed by atoms with E-state index in [2.05, 4.69) is 24.1 Å². The molecule has 0 aliphatic carbocycles. The molecule has 0 radical (unpaired) electrons. The topological polar surface area (TPSA) is 44.8 Å². The number of piperazine rings is 1. The van der Waals surface area contributed by atoms with Gasteiger partial charge < -0.3 is 15.0 Å². The third kappa shape index (κ3) is 3.32.